The number of nitrogens with one attached hydrogen (secondary N) is 1. The van der Waals surface area contributed by atoms with E-state index in [2.05, 4.69) is 5.32 Å². The van der Waals surface area contributed by atoms with Gasteiger partial charge in [0.25, 0.3) is 0 Å². The molecule has 142 valence electrons. The third kappa shape index (κ3) is 6.18. The molecule has 6 nitrogen and oxygen atoms in total. The van der Waals surface area contributed by atoms with Crippen LogP contribution in [0, 0.1) is 0 Å². The molecule has 0 bridgehead atoms. The summed E-state index contributed by atoms with van der Waals surface area (Å²) in [6, 6.07) is 14.8. The molecule has 0 fully saturated rings. The van der Waals surface area contributed by atoms with Crippen molar-refractivity contribution in [2.45, 2.75) is 6.54 Å². The first-order chi connectivity index (χ1) is 13.0. The van der Waals surface area contributed by atoms with Crippen molar-refractivity contribution in [1.82, 2.24) is 10.2 Å². The van der Waals surface area contributed by atoms with Crippen LogP contribution < -0.4 is 14.8 Å². The van der Waals surface area contributed by atoms with Crippen LogP contribution in [0.15, 0.2) is 54.6 Å². The highest BCUT2D eigenvalue weighted by atomic mass is 16.5. The number of hydrogen-bond donors (Lipinski definition) is 1. The van der Waals surface area contributed by atoms with Gasteiger partial charge in [0.15, 0.2) is 0 Å². The molecule has 1 N–H and O–H groups in total. The summed E-state index contributed by atoms with van der Waals surface area (Å²) in [4.78, 5) is 25.6. The molecule has 2 rings (SSSR count). The van der Waals surface area contributed by atoms with Crippen LogP contribution in [0.5, 0.6) is 11.5 Å². The van der Waals surface area contributed by atoms with Gasteiger partial charge >= 0.3 is 0 Å². The number of benzene rings is 2. The minimum absolute atomic E-state index is 0.0313. The number of hydrogen-bond acceptors (Lipinski definition) is 4. The molecule has 0 aromatic heterocycles. The van der Waals surface area contributed by atoms with E-state index in [-0.39, 0.29) is 18.4 Å². The molecule has 0 aliphatic rings. The van der Waals surface area contributed by atoms with Gasteiger partial charge in [0.05, 0.1) is 20.8 Å². The summed E-state index contributed by atoms with van der Waals surface area (Å²) in [5.41, 5.74) is 1.72. The van der Waals surface area contributed by atoms with Gasteiger partial charge in [0.2, 0.25) is 11.8 Å². The van der Waals surface area contributed by atoms with Gasteiger partial charge in [-0.3, -0.25) is 9.59 Å². The zero-order chi connectivity index (χ0) is 19.6. The van der Waals surface area contributed by atoms with E-state index in [0.29, 0.717) is 18.0 Å². The molecular weight excluding hydrogens is 344 g/mol. The van der Waals surface area contributed by atoms with Crippen LogP contribution in [0.25, 0.3) is 6.08 Å². The molecule has 0 saturated carbocycles. The average molecular weight is 368 g/mol. The average Bonchev–Trinajstić information content (AvgIpc) is 2.70. The lowest BCUT2D eigenvalue weighted by atomic mass is 10.2. The van der Waals surface area contributed by atoms with Crippen molar-refractivity contribution in [3.05, 3.63) is 65.7 Å². The maximum absolute atomic E-state index is 12.2. The predicted molar refractivity (Wildman–Crippen MR) is 105 cm³/mol. The van der Waals surface area contributed by atoms with Crippen molar-refractivity contribution in [2.75, 3.05) is 27.8 Å². The molecule has 2 aromatic rings. The molecule has 0 atom stereocenters. The van der Waals surface area contributed by atoms with Crippen LogP contribution in [0.2, 0.25) is 0 Å². The largest absolute Gasteiger partial charge is 0.497 e. The minimum atomic E-state index is -0.259. The Morgan fingerprint density at radius 1 is 1.07 bits per heavy atom. The molecular formula is C21H24N2O4. The van der Waals surface area contributed by atoms with Crippen LogP contribution in [0.1, 0.15) is 11.1 Å². The van der Waals surface area contributed by atoms with Crippen molar-refractivity contribution < 1.29 is 19.1 Å². The number of rotatable bonds is 8. The first kappa shape index (κ1) is 20.0. The number of nitrogens with zero attached hydrogens (tertiary/aromatic N) is 1. The monoisotopic (exact) mass is 368 g/mol. The van der Waals surface area contributed by atoms with Crippen molar-refractivity contribution in [1.29, 1.82) is 0 Å². The Bertz CT molecular complexity index is 817. The second-order valence-electron chi connectivity index (χ2n) is 5.89. The number of ether oxygens (including phenoxy) is 2. The normalized spacial score (nSPS) is 10.5. The standard InChI is InChI=1S/C21H24N2O4/c1-23(21(25)12-11-16-7-6-9-18(13-16)26-2)15-20(24)22-14-17-8-4-5-10-19(17)27-3/h4-13H,14-15H2,1-3H3,(H,22,24)/b12-11+. The summed E-state index contributed by atoms with van der Waals surface area (Å²) in [6.07, 6.45) is 3.12. The molecule has 0 saturated heterocycles. The maximum Gasteiger partial charge on any atom is 0.246 e. The lowest BCUT2D eigenvalue weighted by Gasteiger charge is -2.15. The molecule has 6 heteroatoms. The summed E-state index contributed by atoms with van der Waals surface area (Å²) in [6.45, 7) is 0.307. The highest BCUT2D eigenvalue weighted by Crippen LogP contribution is 2.16. The molecule has 0 aliphatic heterocycles. The van der Waals surface area contributed by atoms with Crippen molar-refractivity contribution in [2.24, 2.45) is 0 Å². The molecule has 2 amide bonds. The Balaban J connectivity index is 1.85. The van der Waals surface area contributed by atoms with Crippen LogP contribution in [-0.4, -0.2) is 44.5 Å². The lowest BCUT2D eigenvalue weighted by molar-refractivity contribution is -0.131. The molecule has 0 radical (unpaired) electrons. The summed E-state index contributed by atoms with van der Waals surface area (Å²) in [7, 11) is 4.76. The Labute approximate surface area is 159 Å². The van der Waals surface area contributed by atoms with Gasteiger partial charge in [0.1, 0.15) is 11.5 Å². The summed E-state index contributed by atoms with van der Waals surface area (Å²) >= 11 is 0. The second-order valence-corrected chi connectivity index (χ2v) is 5.89. The topological polar surface area (TPSA) is 67.9 Å². The minimum Gasteiger partial charge on any atom is -0.497 e. The fourth-order valence-electron chi connectivity index (χ4n) is 2.43. The second kappa shape index (κ2) is 10.0. The molecule has 27 heavy (non-hydrogen) atoms. The Morgan fingerprint density at radius 3 is 2.59 bits per heavy atom. The van der Waals surface area contributed by atoms with Crippen molar-refractivity contribution in [3.8, 4) is 11.5 Å². The van der Waals surface area contributed by atoms with Gasteiger partial charge in [-0.2, -0.15) is 0 Å². The van der Waals surface area contributed by atoms with Gasteiger partial charge in [-0.05, 0) is 29.8 Å². The van der Waals surface area contributed by atoms with E-state index in [1.807, 2.05) is 48.5 Å². The van der Waals surface area contributed by atoms with Crippen molar-refractivity contribution in [3.63, 3.8) is 0 Å². The number of carbonyl (C=O) groups excluding carboxylic acids is 2. The van der Waals surface area contributed by atoms with Gasteiger partial charge in [-0.15, -0.1) is 0 Å². The van der Waals surface area contributed by atoms with Gasteiger partial charge < -0.3 is 19.7 Å². The van der Waals surface area contributed by atoms with Crippen LogP contribution in [0.4, 0.5) is 0 Å². The van der Waals surface area contributed by atoms with E-state index >= 15 is 0 Å². The maximum atomic E-state index is 12.2. The highest BCUT2D eigenvalue weighted by molar-refractivity contribution is 5.94. The van der Waals surface area contributed by atoms with E-state index in [9.17, 15) is 9.59 Å². The number of methoxy groups -OCH3 is 2. The third-order valence-corrected chi connectivity index (χ3v) is 3.94. The quantitative estimate of drug-likeness (QED) is 0.727. The Hall–Kier alpha value is -3.28. The molecule has 0 spiro atoms. The van der Waals surface area contributed by atoms with E-state index in [4.69, 9.17) is 9.47 Å². The van der Waals surface area contributed by atoms with Crippen LogP contribution in [-0.2, 0) is 16.1 Å². The number of para-hydroxylation sites is 1. The first-order valence-electron chi connectivity index (χ1n) is 8.49. The van der Waals surface area contributed by atoms with E-state index in [0.717, 1.165) is 11.1 Å². The highest BCUT2D eigenvalue weighted by Gasteiger charge is 2.11. The molecule has 0 unspecified atom stereocenters. The number of amides is 2. The van der Waals surface area contributed by atoms with Crippen LogP contribution in [0.3, 0.4) is 0 Å². The zero-order valence-corrected chi connectivity index (χ0v) is 15.8. The number of likely N-dealkylation sites (N-methyl/N-ethyl adjacent to an activating group) is 1. The predicted octanol–water partition coefficient (Wildman–Crippen LogP) is 2.49. The van der Waals surface area contributed by atoms with Crippen molar-refractivity contribution >= 4 is 17.9 Å². The SMILES string of the molecule is COc1cccc(/C=C/C(=O)N(C)CC(=O)NCc2ccccc2OC)c1. The van der Waals surface area contributed by atoms with E-state index in [1.54, 1.807) is 27.3 Å². The smallest absolute Gasteiger partial charge is 0.246 e. The fourth-order valence-corrected chi connectivity index (χ4v) is 2.43. The fraction of sp³-hybridized carbons (Fsp3) is 0.238. The zero-order valence-electron chi connectivity index (χ0n) is 15.8. The molecule has 0 aliphatic carbocycles. The summed E-state index contributed by atoms with van der Waals surface area (Å²) in [5.74, 6) is 0.925. The van der Waals surface area contributed by atoms with Crippen LogP contribution >= 0.6 is 0 Å². The Morgan fingerprint density at radius 2 is 1.85 bits per heavy atom. The number of carbonyl (C=O) groups is 2. The lowest BCUT2D eigenvalue weighted by Crippen LogP contribution is -2.37. The molecule has 2 aromatic carbocycles. The summed E-state index contributed by atoms with van der Waals surface area (Å²) in [5, 5.41) is 2.79. The molecule has 0 heterocycles. The Kier molecular flexibility index (Phi) is 7.43. The van der Waals surface area contributed by atoms with Gasteiger partial charge in [0, 0.05) is 25.2 Å². The van der Waals surface area contributed by atoms with Gasteiger partial charge in [-0.25, -0.2) is 0 Å². The van der Waals surface area contributed by atoms with Gasteiger partial charge in [-0.1, -0.05) is 30.3 Å². The first-order valence-corrected chi connectivity index (χ1v) is 8.49. The summed E-state index contributed by atoms with van der Waals surface area (Å²) < 4.78 is 10.4. The van der Waals surface area contributed by atoms with E-state index in [1.165, 1.54) is 11.0 Å². The van der Waals surface area contributed by atoms with E-state index < -0.39 is 0 Å². The third-order valence-electron chi connectivity index (χ3n) is 3.94.